The molecule has 14 heavy (non-hydrogen) atoms. The van der Waals surface area contributed by atoms with Crippen molar-refractivity contribution in [3.8, 4) is 6.07 Å². The molecule has 0 aromatic carbocycles. The number of nitrogens with one attached hydrogen (secondary N) is 2. The minimum atomic E-state index is -0.636. The fraction of sp³-hybridized carbons (Fsp3) is 0.333. The lowest BCUT2D eigenvalue weighted by molar-refractivity contribution is 0.559. The van der Waals surface area contributed by atoms with Crippen LogP contribution in [0.3, 0.4) is 0 Å². The second kappa shape index (κ2) is 3.26. The summed E-state index contributed by atoms with van der Waals surface area (Å²) in [4.78, 5) is 0.363. The van der Waals surface area contributed by atoms with Gasteiger partial charge in [0.15, 0.2) is 0 Å². The van der Waals surface area contributed by atoms with Gasteiger partial charge in [0.25, 0.3) is 0 Å². The minimum absolute atomic E-state index is 0.265. The Morgan fingerprint density at radius 1 is 1.57 bits per heavy atom. The molecule has 72 valence electrons. The Morgan fingerprint density at radius 3 is 2.57 bits per heavy atom. The standard InChI is InChI=1S/C9H10N4S/c1-9(2)5(3-10)7(12)13-8(14)6(9)4-11/h11H,12H2,1-2H3,(H,13,14). The number of allylic oxidation sites excluding steroid dienone is 1. The zero-order chi connectivity index (χ0) is 10.9. The highest BCUT2D eigenvalue weighted by atomic mass is 32.1. The van der Waals surface area contributed by atoms with Crippen molar-refractivity contribution >= 4 is 23.1 Å². The summed E-state index contributed by atoms with van der Waals surface area (Å²) in [5, 5.41) is 18.7. The largest absolute Gasteiger partial charge is 0.384 e. The van der Waals surface area contributed by atoms with Gasteiger partial charge >= 0.3 is 0 Å². The van der Waals surface area contributed by atoms with Crippen molar-refractivity contribution in [3.05, 3.63) is 17.0 Å². The molecule has 0 saturated heterocycles. The van der Waals surface area contributed by atoms with Crippen molar-refractivity contribution in [2.75, 3.05) is 0 Å². The Morgan fingerprint density at radius 2 is 2.14 bits per heavy atom. The Kier molecular flexibility index (Phi) is 2.43. The zero-order valence-electron chi connectivity index (χ0n) is 7.93. The van der Waals surface area contributed by atoms with Gasteiger partial charge in [0, 0.05) is 5.41 Å². The maximum Gasteiger partial charge on any atom is 0.118 e. The molecule has 1 aliphatic rings. The molecule has 0 spiro atoms. The van der Waals surface area contributed by atoms with Crippen LogP contribution in [-0.2, 0) is 0 Å². The predicted octanol–water partition coefficient (Wildman–Crippen LogP) is 0.812. The second-order valence-electron chi connectivity index (χ2n) is 3.48. The van der Waals surface area contributed by atoms with Gasteiger partial charge in [-0.2, -0.15) is 5.26 Å². The molecule has 0 amide bonds. The molecule has 0 saturated carbocycles. The van der Waals surface area contributed by atoms with E-state index in [1.54, 1.807) is 13.8 Å². The lowest BCUT2D eigenvalue weighted by Crippen LogP contribution is -2.41. The molecule has 0 aromatic rings. The van der Waals surface area contributed by atoms with Crippen molar-refractivity contribution in [2.45, 2.75) is 13.8 Å². The van der Waals surface area contributed by atoms with Crippen molar-refractivity contribution in [1.82, 2.24) is 5.32 Å². The van der Waals surface area contributed by atoms with Gasteiger partial charge in [-0.05, 0) is 5.87 Å². The molecule has 1 rings (SSSR count). The van der Waals surface area contributed by atoms with E-state index in [0.717, 1.165) is 0 Å². The summed E-state index contributed by atoms with van der Waals surface area (Å²) in [6.45, 7) is 3.59. The quantitative estimate of drug-likeness (QED) is 0.311. The summed E-state index contributed by atoms with van der Waals surface area (Å²) < 4.78 is 0. The molecule has 1 heterocycles. The summed E-state index contributed by atoms with van der Waals surface area (Å²) in [5.41, 5.74) is 5.87. The SMILES string of the molecule is CC1(C)C(=C=N)C(=S)NC(N)=C1C#N. The van der Waals surface area contributed by atoms with E-state index in [1.165, 1.54) is 0 Å². The van der Waals surface area contributed by atoms with Gasteiger partial charge in [-0.25, -0.2) is 0 Å². The third kappa shape index (κ3) is 1.31. The molecular formula is C9H10N4S. The van der Waals surface area contributed by atoms with Crippen LogP contribution in [0.25, 0.3) is 0 Å². The van der Waals surface area contributed by atoms with Gasteiger partial charge in [0.1, 0.15) is 10.8 Å². The number of thiocarbonyl (C=S) groups is 1. The molecule has 0 atom stereocenters. The molecule has 4 N–H and O–H groups in total. The molecule has 0 radical (unpaired) electrons. The molecule has 0 aliphatic carbocycles. The number of nitrogens with two attached hydrogens (primary N) is 1. The van der Waals surface area contributed by atoms with Crippen molar-refractivity contribution < 1.29 is 0 Å². The third-order valence-corrected chi connectivity index (χ3v) is 2.54. The average molecular weight is 206 g/mol. The van der Waals surface area contributed by atoms with Crippen LogP contribution in [0, 0.1) is 22.2 Å². The maximum absolute atomic E-state index is 8.92. The van der Waals surface area contributed by atoms with E-state index in [-0.39, 0.29) is 5.82 Å². The van der Waals surface area contributed by atoms with Gasteiger partial charge in [-0.15, -0.1) is 0 Å². The van der Waals surface area contributed by atoms with Crippen LogP contribution in [0.2, 0.25) is 0 Å². The van der Waals surface area contributed by atoms with E-state index in [0.29, 0.717) is 16.1 Å². The van der Waals surface area contributed by atoms with Crippen LogP contribution in [0.4, 0.5) is 0 Å². The molecule has 0 bridgehead atoms. The molecule has 4 nitrogen and oxygen atoms in total. The van der Waals surface area contributed by atoms with E-state index in [2.05, 4.69) is 11.2 Å². The summed E-state index contributed by atoms with van der Waals surface area (Å²) in [5.74, 6) is 2.52. The first kappa shape index (κ1) is 10.5. The topological polar surface area (TPSA) is 85.7 Å². The highest BCUT2D eigenvalue weighted by Gasteiger charge is 2.37. The van der Waals surface area contributed by atoms with E-state index in [9.17, 15) is 0 Å². The van der Waals surface area contributed by atoms with Crippen molar-refractivity contribution in [3.63, 3.8) is 0 Å². The van der Waals surface area contributed by atoms with Gasteiger partial charge in [0.2, 0.25) is 0 Å². The lowest BCUT2D eigenvalue weighted by atomic mass is 9.76. The molecule has 0 fully saturated rings. The minimum Gasteiger partial charge on any atom is -0.384 e. The zero-order valence-corrected chi connectivity index (χ0v) is 8.75. The van der Waals surface area contributed by atoms with Crippen molar-refractivity contribution in [2.24, 2.45) is 11.1 Å². The maximum atomic E-state index is 8.92. The molecular weight excluding hydrogens is 196 g/mol. The molecule has 1 aliphatic heterocycles. The number of rotatable bonds is 0. The number of nitrogens with zero attached hydrogens (tertiary/aromatic N) is 1. The first-order valence-corrected chi connectivity index (χ1v) is 4.37. The van der Waals surface area contributed by atoms with Gasteiger partial charge in [-0.3, -0.25) is 5.41 Å². The molecule has 0 aromatic heterocycles. The summed E-state index contributed by atoms with van der Waals surface area (Å²) in [7, 11) is 0. The first-order chi connectivity index (χ1) is 6.45. The van der Waals surface area contributed by atoms with Crippen LogP contribution in [0.15, 0.2) is 17.0 Å². The van der Waals surface area contributed by atoms with Crippen LogP contribution in [0.1, 0.15) is 13.8 Å². The normalized spacial score (nSPS) is 19.8. The fourth-order valence-corrected chi connectivity index (χ4v) is 1.82. The van der Waals surface area contributed by atoms with E-state index in [4.69, 9.17) is 28.6 Å². The monoisotopic (exact) mass is 206 g/mol. The molecule has 0 unspecified atom stereocenters. The first-order valence-electron chi connectivity index (χ1n) is 3.97. The lowest BCUT2D eigenvalue weighted by Gasteiger charge is -2.32. The Hall–Kier alpha value is -1.63. The smallest absolute Gasteiger partial charge is 0.118 e. The van der Waals surface area contributed by atoms with Crippen LogP contribution in [0.5, 0.6) is 0 Å². The number of hydrogen-bond acceptors (Lipinski definition) is 4. The number of nitriles is 1. The number of hydrogen-bond donors (Lipinski definition) is 3. The predicted molar refractivity (Wildman–Crippen MR) is 57.6 cm³/mol. The summed E-state index contributed by atoms with van der Waals surface area (Å²) in [6, 6.07) is 2.02. The summed E-state index contributed by atoms with van der Waals surface area (Å²) >= 11 is 5.00. The third-order valence-electron chi connectivity index (χ3n) is 2.23. The van der Waals surface area contributed by atoms with Gasteiger partial charge < -0.3 is 11.1 Å². The van der Waals surface area contributed by atoms with Crippen LogP contribution >= 0.6 is 12.2 Å². The van der Waals surface area contributed by atoms with E-state index >= 15 is 0 Å². The van der Waals surface area contributed by atoms with Gasteiger partial charge in [-0.1, -0.05) is 26.1 Å². The Bertz CT molecular complexity index is 419. The Balaban J connectivity index is 3.47. The fourth-order valence-electron chi connectivity index (χ4n) is 1.41. The summed E-state index contributed by atoms with van der Waals surface area (Å²) in [6.07, 6.45) is 0. The van der Waals surface area contributed by atoms with E-state index < -0.39 is 5.41 Å². The van der Waals surface area contributed by atoms with Crippen LogP contribution < -0.4 is 11.1 Å². The van der Waals surface area contributed by atoms with E-state index in [1.807, 2.05) is 6.07 Å². The molecule has 5 heteroatoms. The Labute approximate surface area is 87.6 Å². The second-order valence-corrected chi connectivity index (χ2v) is 3.89. The highest BCUT2D eigenvalue weighted by molar-refractivity contribution is 7.80. The average Bonchev–Trinajstić information content (AvgIpc) is 2.02. The van der Waals surface area contributed by atoms with Crippen LogP contribution in [-0.4, -0.2) is 10.9 Å². The highest BCUT2D eigenvalue weighted by Crippen LogP contribution is 2.36. The van der Waals surface area contributed by atoms with Gasteiger partial charge in [0.05, 0.1) is 17.2 Å². The van der Waals surface area contributed by atoms with Crippen molar-refractivity contribution in [1.29, 1.82) is 10.7 Å².